The molecule has 1 aliphatic heterocycles. The topological polar surface area (TPSA) is 20.3 Å². The summed E-state index contributed by atoms with van der Waals surface area (Å²) in [5.74, 6) is 0.292. The quantitative estimate of drug-likeness (QED) is 0.665. The van der Waals surface area contributed by atoms with Crippen molar-refractivity contribution in [3.05, 3.63) is 35.9 Å². The van der Waals surface area contributed by atoms with Crippen molar-refractivity contribution in [3.8, 4) is 0 Å². The van der Waals surface area contributed by atoms with Gasteiger partial charge in [0.1, 0.15) is 0 Å². The smallest absolute Gasteiger partial charge is 0.222 e. The van der Waals surface area contributed by atoms with Crippen LogP contribution in [0.15, 0.2) is 30.3 Å². The molecule has 1 aliphatic rings. The van der Waals surface area contributed by atoms with Crippen LogP contribution in [0, 0.1) is 6.92 Å². The van der Waals surface area contributed by atoms with Crippen molar-refractivity contribution in [2.24, 2.45) is 0 Å². The third-order valence-corrected chi connectivity index (χ3v) is 2.25. The fourth-order valence-electron chi connectivity index (χ4n) is 1.32. The second kappa shape index (κ2) is 8.89. The molecule has 1 aromatic carbocycles. The number of carbonyl (C=O) groups is 1. The normalized spacial score (nSPS) is 13.5. The van der Waals surface area contributed by atoms with E-state index in [0.717, 1.165) is 19.4 Å². The Hall–Kier alpha value is -1.38. The Labute approximate surface area is 97.1 Å². The van der Waals surface area contributed by atoms with E-state index in [2.05, 4.69) is 19.1 Å². The van der Waals surface area contributed by atoms with E-state index in [1.54, 1.807) is 4.90 Å². The second-order valence-electron chi connectivity index (χ2n) is 3.57. The molecule has 0 aromatic heterocycles. The molecule has 1 aromatic rings. The largest absolute Gasteiger partial charge is 0.346 e. The van der Waals surface area contributed by atoms with E-state index in [1.165, 1.54) is 5.56 Å². The van der Waals surface area contributed by atoms with Crippen LogP contribution in [0.4, 0.5) is 4.39 Å². The molecule has 0 spiro atoms. The molecule has 0 atom stereocenters. The van der Waals surface area contributed by atoms with Crippen LogP contribution in [0.2, 0.25) is 0 Å². The van der Waals surface area contributed by atoms with Crippen LogP contribution in [0.5, 0.6) is 0 Å². The predicted octanol–water partition coefficient (Wildman–Crippen LogP) is 2.82. The molecule has 1 heterocycles. The molecular weight excluding hydrogens is 205 g/mol. The number of alkyl halides is 1. The molecule has 1 amide bonds. The maximum Gasteiger partial charge on any atom is 0.222 e. The highest BCUT2D eigenvalue weighted by Crippen LogP contribution is 2.04. The summed E-state index contributed by atoms with van der Waals surface area (Å²) >= 11 is 0. The first-order valence-corrected chi connectivity index (χ1v) is 5.33. The molecule has 0 radical (unpaired) electrons. The summed E-state index contributed by atoms with van der Waals surface area (Å²) < 4.78 is 9.50. The van der Waals surface area contributed by atoms with E-state index in [1.807, 2.05) is 25.2 Å². The number of likely N-dealkylation sites (tertiary alicyclic amines) is 1. The number of aryl methyl sites for hydroxylation is 1. The Bertz CT molecular complexity index is 287. The van der Waals surface area contributed by atoms with Gasteiger partial charge >= 0.3 is 0 Å². The first-order valence-electron chi connectivity index (χ1n) is 5.33. The Morgan fingerprint density at radius 1 is 1.19 bits per heavy atom. The number of hydrogen-bond donors (Lipinski definition) is 0. The highest BCUT2D eigenvalue weighted by Gasteiger charge is 2.14. The van der Waals surface area contributed by atoms with Crippen LogP contribution >= 0.6 is 0 Å². The van der Waals surface area contributed by atoms with Crippen LogP contribution < -0.4 is 0 Å². The number of benzene rings is 1. The molecule has 16 heavy (non-hydrogen) atoms. The Kier molecular flexibility index (Phi) is 8.12. The maximum absolute atomic E-state index is 10.5. The Balaban J connectivity index is 0.000000244. The standard InChI is InChI=1S/C7H8.C5H9NO.CH3F/c1-7-5-3-2-4-6-7;1-6-4-2-3-5(6)7;1-2/h2-6H,1H3;2-4H2,1H3;1H3. The van der Waals surface area contributed by atoms with Gasteiger partial charge in [-0.25, -0.2) is 0 Å². The van der Waals surface area contributed by atoms with Crippen molar-refractivity contribution in [2.45, 2.75) is 19.8 Å². The minimum absolute atomic E-state index is 0.292. The van der Waals surface area contributed by atoms with Crippen molar-refractivity contribution in [1.82, 2.24) is 4.90 Å². The second-order valence-corrected chi connectivity index (χ2v) is 3.57. The lowest BCUT2D eigenvalue weighted by molar-refractivity contribution is -0.126. The lowest BCUT2D eigenvalue weighted by atomic mass is 10.2. The van der Waals surface area contributed by atoms with Crippen molar-refractivity contribution in [3.63, 3.8) is 0 Å². The molecule has 1 fully saturated rings. The summed E-state index contributed by atoms with van der Waals surface area (Å²) in [6.07, 6.45) is 1.81. The molecule has 3 heteroatoms. The average molecular weight is 225 g/mol. The van der Waals surface area contributed by atoms with Gasteiger partial charge in [0.15, 0.2) is 0 Å². The number of hydrogen-bond acceptors (Lipinski definition) is 1. The monoisotopic (exact) mass is 225 g/mol. The summed E-state index contributed by atoms with van der Waals surface area (Å²) in [6.45, 7) is 3.04. The van der Waals surface area contributed by atoms with Gasteiger partial charge in [0.2, 0.25) is 5.91 Å². The van der Waals surface area contributed by atoms with E-state index in [4.69, 9.17) is 0 Å². The van der Waals surface area contributed by atoms with Crippen molar-refractivity contribution >= 4 is 5.91 Å². The first-order chi connectivity index (χ1) is 7.70. The van der Waals surface area contributed by atoms with Crippen LogP contribution in [0.25, 0.3) is 0 Å². The number of carbonyl (C=O) groups excluding carboxylic acids is 1. The van der Waals surface area contributed by atoms with Gasteiger partial charge in [0.25, 0.3) is 0 Å². The molecule has 2 nitrogen and oxygen atoms in total. The number of nitrogens with zero attached hydrogens (tertiary/aromatic N) is 1. The zero-order chi connectivity index (χ0) is 12.4. The van der Waals surface area contributed by atoms with Gasteiger partial charge in [-0.1, -0.05) is 35.9 Å². The van der Waals surface area contributed by atoms with Gasteiger partial charge in [0.05, 0.1) is 7.18 Å². The van der Waals surface area contributed by atoms with Crippen LogP contribution in [-0.2, 0) is 4.79 Å². The highest BCUT2D eigenvalue weighted by atomic mass is 19.1. The van der Waals surface area contributed by atoms with Crippen LogP contribution in [-0.4, -0.2) is 31.6 Å². The van der Waals surface area contributed by atoms with Crippen molar-refractivity contribution in [2.75, 3.05) is 20.8 Å². The summed E-state index contributed by atoms with van der Waals surface area (Å²) in [7, 11) is 2.34. The van der Waals surface area contributed by atoms with E-state index in [9.17, 15) is 9.18 Å². The minimum atomic E-state index is 0.292. The fraction of sp³-hybridized carbons (Fsp3) is 0.462. The number of halogens is 1. The third-order valence-electron chi connectivity index (χ3n) is 2.25. The minimum Gasteiger partial charge on any atom is -0.346 e. The maximum atomic E-state index is 10.5. The van der Waals surface area contributed by atoms with Crippen molar-refractivity contribution in [1.29, 1.82) is 0 Å². The zero-order valence-corrected chi connectivity index (χ0v) is 10.2. The number of rotatable bonds is 0. The molecule has 1 saturated heterocycles. The van der Waals surface area contributed by atoms with Gasteiger partial charge in [0, 0.05) is 20.0 Å². The van der Waals surface area contributed by atoms with Crippen molar-refractivity contribution < 1.29 is 9.18 Å². The fourth-order valence-corrected chi connectivity index (χ4v) is 1.32. The summed E-state index contributed by atoms with van der Waals surface area (Å²) in [4.78, 5) is 12.3. The predicted molar refractivity (Wildman–Crippen MR) is 65.1 cm³/mol. The first kappa shape index (κ1) is 14.6. The molecule has 90 valence electrons. The van der Waals surface area contributed by atoms with Gasteiger partial charge in [-0.2, -0.15) is 0 Å². The van der Waals surface area contributed by atoms with E-state index in [-0.39, 0.29) is 0 Å². The van der Waals surface area contributed by atoms with Gasteiger partial charge in [-0.3, -0.25) is 9.18 Å². The average Bonchev–Trinajstić information content (AvgIpc) is 2.68. The molecular formula is C13H20FNO. The Morgan fingerprint density at radius 3 is 1.94 bits per heavy atom. The van der Waals surface area contributed by atoms with Crippen LogP contribution in [0.1, 0.15) is 18.4 Å². The lowest BCUT2D eigenvalue weighted by Crippen LogP contribution is -2.17. The van der Waals surface area contributed by atoms with E-state index in [0.29, 0.717) is 13.1 Å². The molecule has 0 N–H and O–H groups in total. The summed E-state index contributed by atoms with van der Waals surface area (Å²) in [5.41, 5.74) is 1.32. The lowest BCUT2D eigenvalue weighted by Gasteiger charge is -2.03. The van der Waals surface area contributed by atoms with Crippen LogP contribution in [0.3, 0.4) is 0 Å². The zero-order valence-electron chi connectivity index (χ0n) is 10.2. The summed E-state index contributed by atoms with van der Waals surface area (Å²) in [6, 6.07) is 10.3. The molecule has 0 aliphatic carbocycles. The third kappa shape index (κ3) is 6.17. The van der Waals surface area contributed by atoms with Gasteiger partial charge in [-0.15, -0.1) is 0 Å². The molecule has 2 rings (SSSR count). The SMILES string of the molecule is CF.CN1CCCC1=O.Cc1ccccc1. The van der Waals surface area contributed by atoms with Gasteiger partial charge in [-0.05, 0) is 13.3 Å². The molecule has 0 bridgehead atoms. The van der Waals surface area contributed by atoms with Gasteiger partial charge < -0.3 is 4.90 Å². The summed E-state index contributed by atoms with van der Waals surface area (Å²) in [5, 5.41) is 0. The number of amides is 1. The molecule has 0 saturated carbocycles. The van der Waals surface area contributed by atoms with E-state index < -0.39 is 0 Å². The van der Waals surface area contributed by atoms with E-state index >= 15 is 0 Å². The highest BCUT2D eigenvalue weighted by molar-refractivity contribution is 5.77. The Morgan fingerprint density at radius 2 is 1.75 bits per heavy atom. The molecule has 0 unspecified atom stereocenters.